The highest BCUT2D eigenvalue weighted by Crippen LogP contribution is 2.43. The molecule has 1 N–H and O–H groups in total. The maximum Gasteiger partial charge on any atom is 0.300 e. The molecule has 1 aliphatic rings. The third kappa shape index (κ3) is 3.86. The molecule has 0 spiro atoms. The number of anilines is 1. The second-order valence-electron chi connectivity index (χ2n) is 8.00. The molecular formula is C26H25NO6. The van der Waals surface area contributed by atoms with Crippen molar-refractivity contribution in [2.75, 3.05) is 19.1 Å². The number of ether oxygens (including phenoxy) is 2. The number of aliphatic hydroxyl groups is 1. The fourth-order valence-electron chi connectivity index (χ4n) is 4.06. The van der Waals surface area contributed by atoms with Crippen molar-refractivity contribution < 1.29 is 28.6 Å². The summed E-state index contributed by atoms with van der Waals surface area (Å²) in [5.41, 5.74) is 1.70. The topological polar surface area (TPSA) is 89.2 Å². The van der Waals surface area contributed by atoms with Crippen molar-refractivity contribution in [3.63, 3.8) is 0 Å². The van der Waals surface area contributed by atoms with E-state index in [2.05, 4.69) is 0 Å². The summed E-state index contributed by atoms with van der Waals surface area (Å²) in [5, 5.41) is 11.3. The Bertz CT molecular complexity index is 1230. The monoisotopic (exact) mass is 447 g/mol. The normalized spacial score (nSPS) is 17.6. The standard InChI is InChI=1S/C26H25NO6/c1-15(2)19-13-16(10-11-20(19)32-4)24(28)22-23(21-9-6-12-33-21)27(26(30)25(22)29)17-7-5-8-18(14-17)31-3/h5-15,23,28H,1-4H3/b24-22-. The molecule has 1 unspecified atom stereocenters. The van der Waals surface area contributed by atoms with E-state index in [1.807, 2.05) is 13.8 Å². The Morgan fingerprint density at radius 1 is 1.03 bits per heavy atom. The van der Waals surface area contributed by atoms with Gasteiger partial charge in [-0.05, 0) is 53.9 Å². The summed E-state index contributed by atoms with van der Waals surface area (Å²) in [4.78, 5) is 27.7. The Labute approximate surface area is 191 Å². The molecule has 7 heteroatoms. The zero-order valence-electron chi connectivity index (χ0n) is 18.9. The molecular weight excluding hydrogens is 422 g/mol. The van der Waals surface area contributed by atoms with Crippen LogP contribution in [0.1, 0.15) is 42.7 Å². The lowest BCUT2D eigenvalue weighted by molar-refractivity contribution is -0.132. The van der Waals surface area contributed by atoms with Gasteiger partial charge in [-0.2, -0.15) is 0 Å². The quantitative estimate of drug-likeness (QED) is 0.323. The first kappa shape index (κ1) is 22.2. The van der Waals surface area contributed by atoms with Gasteiger partial charge in [0.15, 0.2) is 0 Å². The van der Waals surface area contributed by atoms with E-state index in [4.69, 9.17) is 13.9 Å². The molecule has 4 rings (SSSR count). The zero-order chi connectivity index (χ0) is 23.7. The minimum absolute atomic E-state index is 0.0438. The number of carbonyl (C=O) groups excluding carboxylic acids is 2. The van der Waals surface area contributed by atoms with Crippen LogP contribution in [-0.2, 0) is 9.59 Å². The number of carbonyl (C=O) groups is 2. The lowest BCUT2D eigenvalue weighted by Crippen LogP contribution is -2.29. The van der Waals surface area contributed by atoms with Gasteiger partial charge >= 0.3 is 0 Å². The number of ketones is 1. The number of hydrogen-bond donors (Lipinski definition) is 1. The number of aliphatic hydroxyl groups excluding tert-OH is 1. The molecule has 0 radical (unpaired) electrons. The van der Waals surface area contributed by atoms with Crippen LogP contribution in [0.4, 0.5) is 5.69 Å². The van der Waals surface area contributed by atoms with Crippen LogP contribution in [0, 0.1) is 0 Å². The average molecular weight is 447 g/mol. The first-order chi connectivity index (χ1) is 15.9. The van der Waals surface area contributed by atoms with E-state index in [0.717, 1.165) is 5.56 Å². The van der Waals surface area contributed by atoms with E-state index in [1.54, 1.807) is 61.7 Å². The smallest absolute Gasteiger partial charge is 0.300 e. The summed E-state index contributed by atoms with van der Waals surface area (Å²) < 4.78 is 16.3. The minimum Gasteiger partial charge on any atom is -0.507 e. The second kappa shape index (κ2) is 8.86. The van der Waals surface area contributed by atoms with Crippen molar-refractivity contribution in [1.82, 2.24) is 0 Å². The number of Topliss-reactive ketones (excluding diaryl/α,β-unsaturated/α-hetero) is 1. The molecule has 1 amide bonds. The van der Waals surface area contributed by atoms with Crippen LogP contribution < -0.4 is 14.4 Å². The molecule has 0 aliphatic carbocycles. The van der Waals surface area contributed by atoms with Gasteiger partial charge in [0.2, 0.25) is 0 Å². The van der Waals surface area contributed by atoms with Crippen LogP contribution in [0.2, 0.25) is 0 Å². The number of hydrogen-bond acceptors (Lipinski definition) is 6. The minimum atomic E-state index is -0.934. The van der Waals surface area contributed by atoms with Gasteiger partial charge in [0.05, 0.1) is 26.1 Å². The fraction of sp³-hybridized carbons (Fsp3) is 0.231. The lowest BCUT2D eigenvalue weighted by atomic mass is 9.95. The number of benzene rings is 2. The molecule has 7 nitrogen and oxygen atoms in total. The van der Waals surface area contributed by atoms with Crippen LogP contribution in [0.15, 0.2) is 70.9 Å². The number of rotatable bonds is 6. The third-order valence-corrected chi connectivity index (χ3v) is 5.71. The van der Waals surface area contributed by atoms with Gasteiger partial charge in [0.25, 0.3) is 11.7 Å². The molecule has 1 aromatic heterocycles. The SMILES string of the molecule is COc1cccc(N2C(=O)C(=O)/C(=C(\O)c3ccc(OC)c(C(C)C)c3)C2c2ccco2)c1. The molecule has 33 heavy (non-hydrogen) atoms. The molecule has 1 atom stereocenters. The van der Waals surface area contributed by atoms with E-state index in [9.17, 15) is 14.7 Å². The Morgan fingerprint density at radius 3 is 2.45 bits per heavy atom. The summed E-state index contributed by atoms with van der Waals surface area (Å²) in [7, 11) is 3.10. The Hall–Kier alpha value is -4.00. The highest BCUT2D eigenvalue weighted by Gasteiger charge is 2.48. The maximum atomic E-state index is 13.2. The van der Waals surface area contributed by atoms with Crippen molar-refractivity contribution in [2.24, 2.45) is 0 Å². The Balaban J connectivity index is 1.91. The van der Waals surface area contributed by atoms with Gasteiger partial charge in [-0.25, -0.2) is 0 Å². The van der Waals surface area contributed by atoms with Crippen LogP contribution in [-0.4, -0.2) is 31.0 Å². The van der Waals surface area contributed by atoms with E-state index in [0.29, 0.717) is 28.5 Å². The summed E-state index contributed by atoms with van der Waals surface area (Å²) in [6.07, 6.45) is 1.46. The molecule has 2 aromatic carbocycles. The molecule has 2 heterocycles. The van der Waals surface area contributed by atoms with Crippen molar-refractivity contribution in [1.29, 1.82) is 0 Å². The van der Waals surface area contributed by atoms with E-state index in [1.165, 1.54) is 18.3 Å². The van der Waals surface area contributed by atoms with Crippen LogP contribution in [0.3, 0.4) is 0 Å². The fourth-order valence-corrected chi connectivity index (χ4v) is 4.06. The molecule has 1 fully saturated rings. The van der Waals surface area contributed by atoms with Gasteiger partial charge in [-0.3, -0.25) is 14.5 Å². The van der Waals surface area contributed by atoms with Crippen LogP contribution in [0.25, 0.3) is 5.76 Å². The lowest BCUT2D eigenvalue weighted by Gasteiger charge is -2.23. The van der Waals surface area contributed by atoms with Gasteiger partial charge in [0, 0.05) is 17.3 Å². The summed E-state index contributed by atoms with van der Waals surface area (Å²) in [5.74, 6) is -0.138. The van der Waals surface area contributed by atoms with Gasteiger partial charge < -0.3 is 19.0 Å². The number of amides is 1. The highest BCUT2D eigenvalue weighted by molar-refractivity contribution is 6.51. The van der Waals surface area contributed by atoms with Gasteiger partial charge in [-0.15, -0.1) is 0 Å². The molecule has 170 valence electrons. The first-order valence-electron chi connectivity index (χ1n) is 10.5. The van der Waals surface area contributed by atoms with Crippen molar-refractivity contribution in [2.45, 2.75) is 25.8 Å². The average Bonchev–Trinajstić information content (AvgIpc) is 3.45. The predicted molar refractivity (Wildman–Crippen MR) is 124 cm³/mol. The van der Waals surface area contributed by atoms with Crippen molar-refractivity contribution in [3.8, 4) is 11.5 Å². The van der Waals surface area contributed by atoms with Gasteiger partial charge in [0.1, 0.15) is 29.1 Å². The van der Waals surface area contributed by atoms with Gasteiger partial charge in [-0.1, -0.05) is 19.9 Å². The van der Waals surface area contributed by atoms with Crippen LogP contribution >= 0.6 is 0 Å². The van der Waals surface area contributed by atoms with E-state index >= 15 is 0 Å². The van der Waals surface area contributed by atoms with E-state index in [-0.39, 0.29) is 17.3 Å². The molecule has 0 bridgehead atoms. The number of furan rings is 1. The molecule has 1 aliphatic heterocycles. The van der Waals surface area contributed by atoms with Crippen LogP contribution in [0.5, 0.6) is 11.5 Å². The number of methoxy groups -OCH3 is 2. The summed E-state index contributed by atoms with van der Waals surface area (Å²) >= 11 is 0. The Kier molecular flexibility index (Phi) is 5.96. The predicted octanol–water partition coefficient (Wildman–Crippen LogP) is 5.05. The molecule has 0 saturated carbocycles. The Morgan fingerprint density at radius 2 is 1.82 bits per heavy atom. The zero-order valence-corrected chi connectivity index (χ0v) is 18.9. The third-order valence-electron chi connectivity index (χ3n) is 5.71. The maximum absolute atomic E-state index is 13.2. The molecule has 3 aromatic rings. The van der Waals surface area contributed by atoms with Crippen molar-refractivity contribution >= 4 is 23.1 Å². The summed E-state index contributed by atoms with van der Waals surface area (Å²) in [6.45, 7) is 4.01. The number of nitrogens with zero attached hydrogens (tertiary/aromatic N) is 1. The largest absolute Gasteiger partial charge is 0.507 e. The van der Waals surface area contributed by atoms with E-state index < -0.39 is 17.7 Å². The molecule has 1 saturated heterocycles. The first-order valence-corrected chi connectivity index (χ1v) is 10.5. The summed E-state index contributed by atoms with van der Waals surface area (Å²) in [6, 6.07) is 14.4. The van der Waals surface area contributed by atoms with Crippen molar-refractivity contribution in [3.05, 3.63) is 83.3 Å². The second-order valence-corrected chi connectivity index (χ2v) is 8.00. The highest BCUT2D eigenvalue weighted by atomic mass is 16.5.